The predicted octanol–water partition coefficient (Wildman–Crippen LogP) is 1.30. The molecule has 0 saturated carbocycles. The first-order chi connectivity index (χ1) is 4.61. The summed E-state index contributed by atoms with van der Waals surface area (Å²) >= 11 is 0. The number of ketones is 1. The fourth-order valence-electron chi connectivity index (χ4n) is 0.719. The Morgan fingerprint density at radius 2 is 2.30 bits per heavy atom. The lowest BCUT2D eigenvalue weighted by molar-refractivity contribution is -0.117. The highest BCUT2D eigenvalue weighted by Gasteiger charge is 2.18. The van der Waals surface area contributed by atoms with Crippen LogP contribution in [0.4, 0.5) is 4.39 Å². The minimum absolute atomic E-state index is 0.146. The first-order valence-electron chi connectivity index (χ1n) is 2.88. The summed E-state index contributed by atoms with van der Waals surface area (Å²) in [4.78, 5) is 10.5. The first-order valence-corrected chi connectivity index (χ1v) is 2.88. The zero-order valence-electron chi connectivity index (χ0n) is 5.47. The van der Waals surface area contributed by atoms with E-state index < -0.39 is 12.0 Å². The van der Waals surface area contributed by atoms with Crippen LogP contribution in [-0.2, 0) is 4.79 Å². The molecular weight excluding hydrogens is 135 g/mol. The summed E-state index contributed by atoms with van der Waals surface area (Å²) in [6.45, 7) is 1.55. The third-order valence-corrected chi connectivity index (χ3v) is 1.34. The minimum atomic E-state index is -1.66. The average Bonchev–Trinajstić information content (AvgIpc) is 1.84. The van der Waals surface area contributed by atoms with Gasteiger partial charge in [0, 0.05) is 0 Å². The number of carbonyl (C=O) groups is 1. The molecule has 0 aromatic rings. The first kappa shape index (κ1) is 6.99. The van der Waals surface area contributed by atoms with Crippen LogP contribution in [0.3, 0.4) is 0 Å². The number of hydrogen-bond acceptors (Lipinski definition) is 2. The van der Waals surface area contributed by atoms with Gasteiger partial charge in [-0.25, -0.2) is 4.39 Å². The molecule has 0 heterocycles. The van der Waals surface area contributed by atoms with Crippen LogP contribution in [0.15, 0.2) is 23.5 Å². The molecule has 1 atom stereocenters. The van der Waals surface area contributed by atoms with Gasteiger partial charge in [-0.1, -0.05) is 0 Å². The Hall–Kier alpha value is -1.12. The lowest BCUT2D eigenvalue weighted by Gasteiger charge is -2.07. The van der Waals surface area contributed by atoms with Crippen molar-refractivity contribution in [2.24, 2.45) is 0 Å². The van der Waals surface area contributed by atoms with Gasteiger partial charge in [0.2, 0.25) is 0 Å². The molecule has 0 radical (unpaired) electrons. The number of aliphatic hydroxyl groups excluding tert-OH is 1. The molecule has 1 aliphatic rings. The Labute approximate surface area is 57.7 Å². The molecular formula is C7H7FO2. The largest absolute Gasteiger partial charge is 0.508 e. The fraction of sp³-hybridized carbons (Fsp3) is 0.286. The van der Waals surface area contributed by atoms with Crippen LogP contribution in [0.2, 0.25) is 0 Å². The summed E-state index contributed by atoms with van der Waals surface area (Å²) in [5.74, 6) is -0.748. The molecule has 0 aromatic carbocycles. The van der Waals surface area contributed by atoms with Crippen molar-refractivity contribution in [2.75, 3.05) is 0 Å². The predicted molar refractivity (Wildman–Crippen MR) is 34.4 cm³/mol. The van der Waals surface area contributed by atoms with E-state index in [9.17, 15) is 9.18 Å². The molecule has 2 nitrogen and oxygen atoms in total. The zero-order chi connectivity index (χ0) is 7.72. The van der Waals surface area contributed by atoms with E-state index in [1.54, 1.807) is 6.92 Å². The fourth-order valence-corrected chi connectivity index (χ4v) is 0.719. The molecule has 1 rings (SSSR count). The number of alkyl halides is 1. The van der Waals surface area contributed by atoms with Crippen molar-refractivity contribution < 1.29 is 14.3 Å². The Morgan fingerprint density at radius 3 is 2.80 bits per heavy atom. The van der Waals surface area contributed by atoms with E-state index in [0.29, 0.717) is 5.57 Å². The Balaban J connectivity index is 2.94. The van der Waals surface area contributed by atoms with Crippen molar-refractivity contribution in [3.63, 3.8) is 0 Å². The topological polar surface area (TPSA) is 37.3 Å². The van der Waals surface area contributed by atoms with E-state index in [2.05, 4.69) is 0 Å². The normalized spacial score (nSPS) is 25.8. The van der Waals surface area contributed by atoms with E-state index in [-0.39, 0.29) is 5.76 Å². The molecule has 0 aromatic heterocycles. The second-order valence-electron chi connectivity index (χ2n) is 2.18. The van der Waals surface area contributed by atoms with Gasteiger partial charge in [0.15, 0.2) is 12.0 Å². The molecule has 1 unspecified atom stereocenters. The highest BCUT2D eigenvalue weighted by Crippen LogP contribution is 2.15. The molecule has 1 N–H and O–H groups in total. The van der Waals surface area contributed by atoms with Crippen molar-refractivity contribution in [1.29, 1.82) is 0 Å². The van der Waals surface area contributed by atoms with E-state index in [1.807, 2.05) is 0 Å². The lowest BCUT2D eigenvalue weighted by Crippen LogP contribution is -2.15. The van der Waals surface area contributed by atoms with Crippen LogP contribution < -0.4 is 0 Å². The summed E-state index contributed by atoms with van der Waals surface area (Å²) < 4.78 is 12.4. The van der Waals surface area contributed by atoms with Gasteiger partial charge >= 0.3 is 0 Å². The van der Waals surface area contributed by atoms with Gasteiger partial charge in [-0.05, 0) is 24.6 Å². The van der Waals surface area contributed by atoms with Gasteiger partial charge in [0.1, 0.15) is 5.76 Å². The van der Waals surface area contributed by atoms with Crippen LogP contribution in [0, 0.1) is 0 Å². The molecule has 0 fully saturated rings. The molecule has 10 heavy (non-hydrogen) atoms. The van der Waals surface area contributed by atoms with Crippen LogP contribution in [-0.4, -0.2) is 17.1 Å². The van der Waals surface area contributed by atoms with Crippen LogP contribution >= 0.6 is 0 Å². The van der Waals surface area contributed by atoms with Crippen LogP contribution in [0.25, 0.3) is 0 Å². The quantitative estimate of drug-likeness (QED) is 0.553. The van der Waals surface area contributed by atoms with Crippen molar-refractivity contribution in [1.82, 2.24) is 0 Å². The third-order valence-electron chi connectivity index (χ3n) is 1.34. The summed E-state index contributed by atoms with van der Waals surface area (Å²) in [6.07, 6.45) is 0.334. The Bertz CT molecular complexity index is 228. The minimum Gasteiger partial charge on any atom is -0.508 e. The number of halogens is 1. The highest BCUT2D eigenvalue weighted by atomic mass is 19.1. The molecule has 1 aliphatic carbocycles. The van der Waals surface area contributed by atoms with Gasteiger partial charge in [-0.3, -0.25) is 4.79 Å². The number of rotatable bonds is 0. The smallest absolute Gasteiger partial charge is 0.194 e. The number of hydrogen-bond donors (Lipinski definition) is 1. The molecule has 3 heteroatoms. The average molecular weight is 142 g/mol. The maximum absolute atomic E-state index is 12.4. The monoisotopic (exact) mass is 142 g/mol. The zero-order valence-corrected chi connectivity index (χ0v) is 5.47. The Morgan fingerprint density at radius 1 is 1.70 bits per heavy atom. The Kier molecular flexibility index (Phi) is 1.57. The van der Waals surface area contributed by atoms with Crippen molar-refractivity contribution in [2.45, 2.75) is 13.1 Å². The van der Waals surface area contributed by atoms with E-state index in [4.69, 9.17) is 5.11 Å². The van der Waals surface area contributed by atoms with Gasteiger partial charge in [0.05, 0.1) is 0 Å². The van der Waals surface area contributed by atoms with Gasteiger partial charge in [-0.15, -0.1) is 0 Å². The summed E-state index contributed by atoms with van der Waals surface area (Å²) in [6, 6.07) is 0. The second-order valence-corrected chi connectivity index (χ2v) is 2.18. The van der Waals surface area contributed by atoms with Crippen molar-refractivity contribution in [3.05, 3.63) is 23.5 Å². The summed E-state index contributed by atoms with van der Waals surface area (Å²) in [5.41, 5.74) is 0.416. The van der Waals surface area contributed by atoms with E-state index >= 15 is 0 Å². The van der Waals surface area contributed by atoms with Crippen LogP contribution in [0.1, 0.15) is 6.92 Å². The van der Waals surface area contributed by atoms with Gasteiger partial charge in [0.25, 0.3) is 0 Å². The van der Waals surface area contributed by atoms with Gasteiger partial charge < -0.3 is 5.11 Å². The third kappa shape index (κ3) is 1.07. The lowest BCUT2D eigenvalue weighted by atomic mass is 10.0. The maximum Gasteiger partial charge on any atom is 0.194 e. The summed E-state index contributed by atoms with van der Waals surface area (Å²) in [7, 11) is 0. The molecule has 0 spiro atoms. The number of allylic oxidation sites excluding steroid dienone is 3. The van der Waals surface area contributed by atoms with Gasteiger partial charge in [-0.2, -0.15) is 0 Å². The molecule has 54 valence electrons. The number of carbonyl (C=O) groups excluding carboxylic acids is 1. The molecule has 0 saturated heterocycles. The highest BCUT2D eigenvalue weighted by molar-refractivity contribution is 5.97. The van der Waals surface area contributed by atoms with E-state index in [0.717, 1.165) is 12.2 Å². The number of aliphatic hydroxyl groups is 1. The van der Waals surface area contributed by atoms with Crippen LogP contribution in [0.5, 0.6) is 0 Å². The van der Waals surface area contributed by atoms with Crippen molar-refractivity contribution >= 4 is 5.78 Å². The van der Waals surface area contributed by atoms with Crippen molar-refractivity contribution in [3.8, 4) is 0 Å². The molecule has 0 amide bonds. The standard InChI is InChI=1S/C7H7FO2/c1-4-2-7(10)5(8)3-6(4)9/h2-3,5,9H,1H3. The molecule has 0 aliphatic heterocycles. The van der Waals surface area contributed by atoms with E-state index in [1.165, 1.54) is 0 Å². The second kappa shape index (κ2) is 2.25. The summed E-state index contributed by atoms with van der Waals surface area (Å²) in [5, 5.41) is 8.87. The molecule has 0 bridgehead atoms. The maximum atomic E-state index is 12.4. The SMILES string of the molecule is CC1=CC(=O)C(F)C=C1O.